The smallest absolute Gasteiger partial charge is 0.181 e. The highest BCUT2D eigenvalue weighted by atomic mass is 14.6. The van der Waals surface area contributed by atoms with Gasteiger partial charge in [0.2, 0.25) is 0 Å². The van der Waals surface area contributed by atoms with Crippen molar-refractivity contribution in [3.8, 4) is 0 Å². The fourth-order valence-electron chi connectivity index (χ4n) is 4.60. The van der Waals surface area contributed by atoms with Gasteiger partial charge in [0.15, 0.2) is 14.6 Å². The molecular weight excluding hydrogens is 422 g/mol. The molecule has 0 aliphatic rings. The molecule has 4 aromatic carbocycles. The van der Waals surface area contributed by atoms with Gasteiger partial charge in [0.05, 0.1) is 0 Å². The van der Waals surface area contributed by atoms with Crippen molar-refractivity contribution in [1.29, 1.82) is 0 Å². The predicted molar refractivity (Wildman–Crippen MR) is 155 cm³/mol. The molecule has 1 atom stereocenters. The Morgan fingerprint density at radius 2 is 0.857 bits per heavy atom. The minimum Gasteiger partial charge on any atom is -0.409 e. The van der Waals surface area contributed by atoms with Gasteiger partial charge < -0.3 is 11.5 Å². The van der Waals surface area contributed by atoms with E-state index >= 15 is 0 Å². The predicted octanol–water partition coefficient (Wildman–Crippen LogP) is 5.84. The largest absolute Gasteiger partial charge is 0.409 e. The highest BCUT2D eigenvalue weighted by Gasteiger charge is 2.16. The SMILES string of the molecule is CC(BC(N)=C(c1ccccc1)c1ccccc1)CBC(N)=C(c1ccccc1)c1ccccc1. The van der Waals surface area contributed by atoms with Crippen LogP contribution >= 0.6 is 0 Å². The summed E-state index contributed by atoms with van der Waals surface area (Å²) in [4.78, 5) is 0. The van der Waals surface area contributed by atoms with Crippen LogP contribution in [0.4, 0.5) is 0 Å². The van der Waals surface area contributed by atoms with E-state index in [-0.39, 0.29) is 0 Å². The first-order chi connectivity index (χ1) is 17.1. The van der Waals surface area contributed by atoms with Crippen LogP contribution in [0, 0.1) is 0 Å². The Labute approximate surface area is 210 Å². The summed E-state index contributed by atoms with van der Waals surface area (Å²) < 4.78 is 0. The molecule has 0 fully saturated rings. The van der Waals surface area contributed by atoms with Crippen LogP contribution in [0.3, 0.4) is 0 Å². The summed E-state index contributed by atoms with van der Waals surface area (Å²) in [5, 5.41) is 0. The lowest BCUT2D eigenvalue weighted by atomic mass is 9.51. The monoisotopic (exact) mass is 454 g/mol. The average molecular weight is 454 g/mol. The Hall–Kier alpha value is -3.91. The van der Waals surface area contributed by atoms with Crippen LogP contribution < -0.4 is 11.5 Å². The molecule has 0 saturated carbocycles. The van der Waals surface area contributed by atoms with Crippen LogP contribution in [0.2, 0.25) is 12.1 Å². The summed E-state index contributed by atoms with van der Waals surface area (Å²) in [6.07, 6.45) is 0.965. The summed E-state index contributed by atoms with van der Waals surface area (Å²) in [6.45, 7) is 2.26. The van der Waals surface area contributed by atoms with Crippen LogP contribution in [-0.4, -0.2) is 14.6 Å². The van der Waals surface area contributed by atoms with Crippen LogP contribution in [0.15, 0.2) is 133 Å². The van der Waals surface area contributed by atoms with E-state index < -0.39 is 0 Å². The Morgan fingerprint density at radius 1 is 0.543 bits per heavy atom. The van der Waals surface area contributed by atoms with Crippen LogP contribution in [0.5, 0.6) is 0 Å². The number of rotatable bonds is 9. The third-order valence-corrected chi connectivity index (χ3v) is 6.37. The molecule has 0 amide bonds. The summed E-state index contributed by atoms with van der Waals surface area (Å²) in [5.41, 5.74) is 22.2. The lowest BCUT2D eigenvalue weighted by molar-refractivity contribution is 1.04. The van der Waals surface area contributed by atoms with Crippen molar-refractivity contribution in [1.82, 2.24) is 0 Å². The molecule has 4 heteroatoms. The van der Waals surface area contributed by atoms with Crippen molar-refractivity contribution in [3.63, 3.8) is 0 Å². The fraction of sp³-hybridized carbons (Fsp3) is 0.0968. The molecule has 4 N–H and O–H groups in total. The van der Waals surface area contributed by atoms with Gasteiger partial charge in [-0.05, 0) is 44.6 Å². The molecule has 4 aromatic rings. The van der Waals surface area contributed by atoms with Crippen molar-refractivity contribution in [2.75, 3.05) is 0 Å². The Balaban J connectivity index is 1.56. The second kappa shape index (κ2) is 12.0. The van der Waals surface area contributed by atoms with Crippen molar-refractivity contribution in [2.45, 2.75) is 19.1 Å². The minimum absolute atomic E-state index is 0.392. The van der Waals surface area contributed by atoms with Crippen molar-refractivity contribution in [3.05, 3.63) is 155 Å². The standard InChI is InChI=1S/C31H32B2N2/c1-23(33-31(35)29(26-18-10-4-11-19-26)27-20-12-5-13-21-27)22-32-30(34)28(24-14-6-2-7-15-24)25-16-8-3-9-17-25/h2-21,23,32-33H,22,34-35H2,1H3. The fourth-order valence-corrected chi connectivity index (χ4v) is 4.60. The van der Waals surface area contributed by atoms with Gasteiger partial charge in [-0.2, -0.15) is 0 Å². The second-order valence-corrected chi connectivity index (χ2v) is 9.11. The molecule has 0 spiro atoms. The first-order valence-electron chi connectivity index (χ1n) is 12.3. The number of benzene rings is 4. The lowest BCUT2D eigenvalue weighted by Gasteiger charge is -2.17. The highest BCUT2D eigenvalue weighted by Crippen LogP contribution is 2.28. The Bertz CT molecular complexity index is 1190. The molecule has 1 unspecified atom stereocenters. The van der Waals surface area contributed by atoms with E-state index in [1.54, 1.807) is 0 Å². The van der Waals surface area contributed by atoms with Crippen molar-refractivity contribution < 1.29 is 0 Å². The quantitative estimate of drug-likeness (QED) is 0.313. The van der Waals surface area contributed by atoms with Gasteiger partial charge in [0, 0.05) is 0 Å². The van der Waals surface area contributed by atoms with Crippen molar-refractivity contribution in [2.24, 2.45) is 11.5 Å². The molecule has 0 saturated heterocycles. The number of hydrogen-bond donors (Lipinski definition) is 2. The van der Waals surface area contributed by atoms with Gasteiger partial charge >= 0.3 is 0 Å². The van der Waals surface area contributed by atoms with Gasteiger partial charge in [-0.25, -0.2) is 0 Å². The van der Waals surface area contributed by atoms with Gasteiger partial charge in [0.1, 0.15) is 0 Å². The van der Waals surface area contributed by atoms with Crippen LogP contribution in [0.25, 0.3) is 11.1 Å². The Morgan fingerprint density at radius 3 is 1.20 bits per heavy atom. The van der Waals surface area contributed by atoms with E-state index in [0.717, 1.165) is 65.5 Å². The molecule has 2 nitrogen and oxygen atoms in total. The molecule has 0 aliphatic heterocycles. The molecule has 0 heterocycles. The molecule has 35 heavy (non-hydrogen) atoms. The third-order valence-electron chi connectivity index (χ3n) is 6.37. The van der Waals surface area contributed by atoms with Crippen molar-refractivity contribution >= 4 is 25.7 Å². The first kappa shape index (κ1) is 24.2. The van der Waals surface area contributed by atoms with Gasteiger partial charge in [0.25, 0.3) is 0 Å². The third kappa shape index (κ3) is 6.36. The van der Waals surface area contributed by atoms with E-state index in [9.17, 15) is 0 Å². The van der Waals surface area contributed by atoms with Crippen LogP contribution in [0.1, 0.15) is 29.2 Å². The average Bonchev–Trinajstić information content (AvgIpc) is 2.90. The second-order valence-electron chi connectivity index (χ2n) is 9.11. The molecule has 0 aromatic heterocycles. The molecule has 4 rings (SSSR count). The highest BCUT2D eigenvalue weighted by molar-refractivity contribution is 6.54. The maximum atomic E-state index is 6.77. The summed E-state index contributed by atoms with van der Waals surface area (Å²) in [5.74, 6) is 0.392. The van der Waals surface area contributed by atoms with Gasteiger partial charge in [-0.3, -0.25) is 0 Å². The lowest BCUT2D eigenvalue weighted by Crippen LogP contribution is -2.18. The van der Waals surface area contributed by atoms with Gasteiger partial charge in [-0.1, -0.05) is 140 Å². The van der Waals surface area contributed by atoms with E-state index in [0.29, 0.717) is 5.82 Å². The molecule has 0 bridgehead atoms. The van der Waals surface area contributed by atoms with E-state index in [4.69, 9.17) is 11.5 Å². The van der Waals surface area contributed by atoms with E-state index in [2.05, 4.69) is 104 Å². The zero-order chi connectivity index (χ0) is 24.5. The number of hydrogen-bond acceptors (Lipinski definition) is 2. The molecule has 0 aliphatic carbocycles. The van der Waals surface area contributed by atoms with Gasteiger partial charge in [-0.15, -0.1) is 0 Å². The van der Waals surface area contributed by atoms with E-state index in [1.807, 2.05) is 24.3 Å². The topological polar surface area (TPSA) is 52.0 Å². The molecule has 0 radical (unpaired) electrons. The van der Waals surface area contributed by atoms with E-state index in [1.165, 1.54) is 0 Å². The molecule has 172 valence electrons. The summed E-state index contributed by atoms with van der Waals surface area (Å²) in [7, 11) is 1.64. The number of nitrogens with two attached hydrogens (primary N) is 2. The maximum Gasteiger partial charge on any atom is 0.181 e. The minimum atomic E-state index is 0.392. The molecular formula is C31H32B2N2. The summed E-state index contributed by atoms with van der Waals surface area (Å²) in [6, 6.07) is 41.7. The zero-order valence-corrected chi connectivity index (χ0v) is 20.4. The normalized spacial score (nSPS) is 11.2. The maximum absolute atomic E-state index is 6.77. The summed E-state index contributed by atoms with van der Waals surface area (Å²) >= 11 is 0. The Kier molecular flexibility index (Phi) is 8.30. The van der Waals surface area contributed by atoms with Crippen LogP contribution in [-0.2, 0) is 0 Å². The zero-order valence-electron chi connectivity index (χ0n) is 20.4. The first-order valence-corrected chi connectivity index (χ1v) is 12.3.